The predicted molar refractivity (Wildman–Crippen MR) is 129 cm³/mol. The number of hydrogen-bond acceptors (Lipinski definition) is 5. The van der Waals surface area contributed by atoms with E-state index < -0.39 is 17.6 Å². The Balaban J connectivity index is 1.50. The molecule has 9 heteroatoms. The molecule has 1 aromatic heterocycles. The number of likely N-dealkylation sites (tertiary alicyclic amines) is 1. The summed E-state index contributed by atoms with van der Waals surface area (Å²) in [6, 6.07) is 8.98. The van der Waals surface area contributed by atoms with Gasteiger partial charge in [-0.1, -0.05) is 12.5 Å². The van der Waals surface area contributed by atoms with Gasteiger partial charge in [-0.15, -0.1) is 0 Å². The van der Waals surface area contributed by atoms with Crippen LogP contribution >= 0.6 is 0 Å². The van der Waals surface area contributed by atoms with Crippen LogP contribution in [-0.4, -0.2) is 61.7 Å². The Bertz CT molecular complexity index is 980. The Labute approximate surface area is 204 Å². The van der Waals surface area contributed by atoms with Gasteiger partial charge in [-0.25, -0.2) is 4.98 Å². The van der Waals surface area contributed by atoms with Crippen LogP contribution in [0.4, 0.5) is 19.0 Å². The minimum atomic E-state index is -4.61. The zero-order chi connectivity index (χ0) is 24.8. The molecule has 0 bridgehead atoms. The summed E-state index contributed by atoms with van der Waals surface area (Å²) in [5, 5.41) is 3.05. The smallest absolute Gasteiger partial charge is 0.419 e. The summed E-state index contributed by atoms with van der Waals surface area (Å²) in [7, 11) is 1.19. The Morgan fingerprint density at radius 1 is 1.14 bits per heavy atom. The van der Waals surface area contributed by atoms with Crippen molar-refractivity contribution >= 4 is 11.7 Å². The first-order valence-corrected chi connectivity index (χ1v) is 12.3. The van der Waals surface area contributed by atoms with Crippen LogP contribution < -0.4 is 15.0 Å². The van der Waals surface area contributed by atoms with E-state index in [9.17, 15) is 18.0 Å². The van der Waals surface area contributed by atoms with E-state index in [0.29, 0.717) is 6.54 Å². The van der Waals surface area contributed by atoms with Gasteiger partial charge in [0, 0.05) is 30.9 Å². The van der Waals surface area contributed by atoms with Gasteiger partial charge < -0.3 is 19.9 Å². The van der Waals surface area contributed by atoms with Crippen LogP contribution in [0.5, 0.6) is 5.75 Å². The molecule has 2 aliphatic heterocycles. The lowest BCUT2D eigenvalue weighted by molar-refractivity contribution is -0.138. The highest BCUT2D eigenvalue weighted by Gasteiger charge is 2.36. The standard InChI is InChI=1S/C26H33F3N4O2/c1-35-23-9-8-20(17-21(23)26(27,28)29)25(34)31-22-18-33(24-7-3-4-12-30-24)16-11-19(22)10-15-32-13-5-2-6-14-32/h3-4,7-9,12,17,19,22H,2,5-6,10-11,13-16,18H2,1H3,(H,31,34). The number of pyridine rings is 1. The maximum absolute atomic E-state index is 13.5. The number of carbonyl (C=O) groups is 1. The van der Waals surface area contributed by atoms with Crippen molar-refractivity contribution < 1.29 is 22.7 Å². The van der Waals surface area contributed by atoms with Gasteiger partial charge in [-0.05, 0) is 81.6 Å². The van der Waals surface area contributed by atoms with Crippen molar-refractivity contribution in [3.63, 3.8) is 0 Å². The number of nitrogens with zero attached hydrogens (tertiary/aromatic N) is 3. The van der Waals surface area contributed by atoms with Crippen LogP contribution in [0, 0.1) is 5.92 Å². The van der Waals surface area contributed by atoms with E-state index in [1.54, 1.807) is 6.20 Å². The molecule has 2 saturated heterocycles. The highest BCUT2D eigenvalue weighted by Crippen LogP contribution is 2.36. The molecular formula is C26H33F3N4O2. The number of aromatic nitrogens is 1. The SMILES string of the molecule is COc1ccc(C(=O)NC2CN(c3ccccn3)CCC2CCN2CCCCC2)cc1C(F)(F)F. The third-order valence-electron chi connectivity index (χ3n) is 7.08. The molecule has 3 heterocycles. The monoisotopic (exact) mass is 490 g/mol. The molecule has 0 spiro atoms. The molecule has 2 fully saturated rings. The van der Waals surface area contributed by atoms with Crippen LogP contribution in [0.25, 0.3) is 0 Å². The third kappa shape index (κ3) is 6.45. The second kappa shape index (κ2) is 11.3. The van der Waals surface area contributed by atoms with Crippen molar-refractivity contribution in [1.29, 1.82) is 0 Å². The zero-order valence-corrected chi connectivity index (χ0v) is 20.1. The Hall–Kier alpha value is -2.81. The second-order valence-corrected chi connectivity index (χ2v) is 9.37. The van der Waals surface area contributed by atoms with Gasteiger partial charge in [0.25, 0.3) is 5.91 Å². The maximum atomic E-state index is 13.5. The molecule has 190 valence electrons. The summed E-state index contributed by atoms with van der Waals surface area (Å²) in [4.78, 5) is 22.2. The number of piperidine rings is 2. The van der Waals surface area contributed by atoms with Crippen LogP contribution in [0.15, 0.2) is 42.6 Å². The van der Waals surface area contributed by atoms with E-state index in [1.165, 1.54) is 38.5 Å². The predicted octanol–water partition coefficient (Wildman–Crippen LogP) is 4.61. The largest absolute Gasteiger partial charge is 0.496 e. The summed E-state index contributed by atoms with van der Waals surface area (Å²) in [6.45, 7) is 4.58. The molecule has 4 rings (SSSR count). The molecule has 2 aromatic rings. The lowest BCUT2D eigenvalue weighted by Crippen LogP contribution is -2.53. The van der Waals surface area contributed by atoms with Crippen LogP contribution in [0.3, 0.4) is 0 Å². The molecule has 6 nitrogen and oxygen atoms in total. The number of rotatable bonds is 7. The van der Waals surface area contributed by atoms with Gasteiger partial charge in [-0.2, -0.15) is 13.2 Å². The van der Waals surface area contributed by atoms with Crippen molar-refractivity contribution in [2.45, 2.75) is 44.3 Å². The number of carbonyl (C=O) groups excluding carboxylic acids is 1. The third-order valence-corrected chi connectivity index (χ3v) is 7.08. The highest BCUT2D eigenvalue weighted by atomic mass is 19.4. The van der Waals surface area contributed by atoms with E-state index in [-0.39, 0.29) is 23.3 Å². The molecule has 2 unspecified atom stereocenters. The number of amides is 1. The molecule has 1 aromatic carbocycles. The minimum Gasteiger partial charge on any atom is -0.496 e. The van der Waals surface area contributed by atoms with Crippen molar-refractivity contribution in [1.82, 2.24) is 15.2 Å². The summed E-state index contributed by atoms with van der Waals surface area (Å²) < 4.78 is 45.3. The lowest BCUT2D eigenvalue weighted by atomic mass is 9.87. The first kappa shape index (κ1) is 25.3. The van der Waals surface area contributed by atoms with Gasteiger partial charge in [0.2, 0.25) is 0 Å². The number of hydrogen-bond donors (Lipinski definition) is 1. The normalized spacial score (nSPS) is 21.5. The van der Waals surface area contributed by atoms with Crippen LogP contribution in [-0.2, 0) is 6.18 Å². The number of ether oxygens (including phenoxy) is 1. The number of benzene rings is 1. The molecule has 1 amide bonds. The van der Waals surface area contributed by atoms with Gasteiger partial charge in [0.1, 0.15) is 11.6 Å². The summed E-state index contributed by atoms with van der Waals surface area (Å²) in [5.74, 6) is 0.271. The van der Waals surface area contributed by atoms with E-state index in [0.717, 1.165) is 50.9 Å². The average Bonchev–Trinajstić information content (AvgIpc) is 2.88. The molecule has 2 atom stereocenters. The number of methoxy groups -OCH3 is 1. The topological polar surface area (TPSA) is 57.7 Å². The van der Waals surface area contributed by atoms with Crippen LogP contribution in [0.1, 0.15) is 48.0 Å². The first-order chi connectivity index (χ1) is 16.8. The number of alkyl halides is 3. The highest BCUT2D eigenvalue weighted by molar-refractivity contribution is 5.95. The number of nitrogens with one attached hydrogen (secondary N) is 1. The Morgan fingerprint density at radius 2 is 1.94 bits per heavy atom. The fraction of sp³-hybridized carbons (Fsp3) is 0.538. The van der Waals surface area contributed by atoms with E-state index in [2.05, 4.69) is 20.1 Å². The molecule has 0 saturated carbocycles. The fourth-order valence-corrected chi connectivity index (χ4v) is 5.11. The second-order valence-electron chi connectivity index (χ2n) is 9.37. The first-order valence-electron chi connectivity index (χ1n) is 12.3. The van der Waals surface area contributed by atoms with Crippen molar-refractivity contribution in [2.24, 2.45) is 5.92 Å². The Morgan fingerprint density at radius 3 is 2.63 bits per heavy atom. The number of halogens is 3. The van der Waals surface area contributed by atoms with Gasteiger partial charge in [-0.3, -0.25) is 4.79 Å². The van der Waals surface area contributed by atoms with Gasteiger partial charge in [0.05, 0.1) is 12.7 Å². The summed E-state index contributed by atoms with van der Waals surface area (Å²) in [5.41, 5.74) is -0.976. The van der Waals surface area contributed by atoms with Crippen molar-refractivity contribution in [3.8, 4) is 5.75 Å². The molecule has 35 heavy (non-hydrogen) atoms. The zero-order valence-electron chi connectivity index (χ0n) is 20.1. The lowest BCUT2D eigenvalue weighted by Gasteiger charge is -2.40. The molecular weight excluding hydrogens is 457 g/mol. The van der Waals surface area contributed by atoms with Crippen molar-refractivity contribution in [3.05, 3.63) is 53.7 Å². The Kier molecular flexibility index (Phi) is 8.15. The molecule has 0 radical (unpaired) electrons. The van der Waals surface area contributed by atoms with E-state index in [4.69, 9.17) is 4.74 Å². The van der Waals surface area contributed by atoms with Crippen molar-refractivity contribution in [2.75, 3.05) is 44.7 Å². The van der Waals surface area contributed by atoms with E-state index in [1.807, 2.05) is 18.2 Å². The molecule has 0 aliphatic carbocycles. The summed E-state index contributed by atoms with van der Waals surface area (Å²) in [6.07, 6.45) is 2.66. The summed E-state index contributed by atoms with van der Waals surface area (Å²) >= 11 is 0. The molecule has 2 aliphatic rings. The van der Waals surface area contributed by atoms with Gasteiger partial charge in [0.15, 0.2) is 0 Å². The fourth-order valence-electron chi connectivity index (χ4n) is 5.11. The minimum absolute atomic E-state index is 0.0251. The maximum Gasteiger partial charge on any atom is 0.419 e. The number of anilines is 1. The van der Waals surface area contributed by atoms with Gasteiger partial charge >= 0.3 is 6.18 Å². The van der Waals surface area contributed by atoms with Crippen LogP contribution in [0.2, 0.25) is 0 Å². The molecule has 1 N–H and O–H groups in total. The quantitative estimate of drug-likeness (QED) is 0.614. The van der Waals surface area contributed by atoms with E-state index >= 15 is 0 Å². The average molecular weight is 491 g/mol.